The second-order valence-electron chi connectivity index (χ2n) is 2.95. The number of hydrogen-bond donors (Lipinski definition) is 1. The molecule has 2 aromatic rings. The Balaban J connectivity index is 2.38. The SMILES string of the molecule is N#Cc1ccc(-c2ncc(O)cn2)cc1. The normalized spacial score (nSPS) is 9.53. The Morgan fingerprint density at radius 3 is 2.20 bits per heavy atom. The van der Waals surface area contributed by atoms with Gasteiger partial charge in [0.1, 0.15) is 0 Å². The molecule has 4 heteroatoms. The predicted octanol–water partition coefficient (Wildman–Crippen LogP) is 1.72. The first-order valence-corrected chi connectivity index (χ1v) is 4.31. The summed E-state index contributed by atoms with van der Waals surface area (Å²) in [5, 5.41) is 17.6. The number of aromatic nitrogens is 2. The summed E-state index contributed by atoms with van der Waals surface area (Å²) in [6, 6.07) is 8.97. The summed E-state index contributed by atoms with van der Waals surface area (Å²) in [6.45, 7) is 0. The molecule has 72 valence electrons. The lowest BCUT2D eigenvalue weighted by Crippen LogP contribution is -1.87. The van der Waals surface area contributed by atoms with Gasteiger partial charge in [0.15, 0.2) is 11.6 Å². The van der Waals surface area contributed by atoms with Crippen LogP contribution in [0.3, 0.4) is 0 Å². The fraction of sp³-hybridized carbons (Fsp3) is 0. The molecule has 0 aliphatic heterocycles. The van der Waals surface area contributed by atoms with Crippen molar-refractivity contribution in [1.29, 1.82) is 5.26 Å². The van der Waals surface area contributed by atoms with Crippen molar-refractivity contribution in [2.24, 2.45) is 0 Å². The summed E-state index contributed by atoms with van der Waals surface area (Å²) in [5.41, 5.74) is 1.41. The minimum Gasteiger partial charge on any atom is -0.505 e. The van der Waals surface area contributed by atoms with E-state index in [9.17, 15) is 0 Å². The third kappa shape index (κ3) is 1.92. The highest BCUT2D eigenvalue weighted by Crippen LogP contribution is 2.16. The molecule has 15 heavy (non-hydrogen) atoms. The molecule has 0 bridgehead atoms. The van der Waals surface area contributed by atoms with Crippen LogP contribution in [0.1, 0.15) is 5.56 Å². The molecule has 2 rings (SSSR count). The van der Waals surface area contributed by atoms with Gasteiger partial charge >= 0.3 is 0 Å². The molecule has 1 aromatic heterocycles. The summed E-state index contributed by atoms with van der Waals surface area (Å²) in [7, 11) is 0. The van der Waals surface area contributed by atoms with Gasteiger partial charge in [0.05, 0.1) is 24.0 Å². The molecule has 0 spiro atoms. The van der Waals surface area contributed by atoms with Gasteiger partial charge in [-0.05, 0) is 24.3 Å². The fourth-order valence-corrected chi connectivity index (χ4v) is 1.16. The molecule has 1 N–H and O–H groups in total. The van der Waals surface area contributed by atoms with Gasteiger partial charge in [-0.2, -0.15) is 5.26 Å². The maximum atomic E-state index is 9.02. The lowest BCUT2D eigenvalue weighted by Gasteiger charge is -1.99. The largest absolute Gasteiger partial charge is 0.505 e. The Hall–Kier alpha value is -2.41. The van der Waals surface area contributed by atoms with E-state index in [0.29, 0.717) is 11.4 Å². The molecule has 0 saturated heterocycles. The summed E-state index contributed by atoms with van der Waals surface area (Å²) in [4.78, 5) is 7.92. The lowest BCUT2D eigenvalue weighted by atomic mass is 10.1. The Labute approximate surface area is 86.5 Å². The van der Waals surface area contributed by atoms with E-state index < -0.39 is 0 Å². The fourth-order valence-electron chi connectivity index (χ4n) is 1.16. The highest BCUT2D eigenvalue weighted by molar-refractivity contribution is 5.56. The molecule has 4 nitrogen and oxygen atoms in total. The smallest absolute Gasteiger partial charge is 0.159 e. The van der Waals surface area contributed by atoms with Crippen molar-refractivity contribution in [2.45, 2.75) is 0 Å². The monoisotopic (exact) mass is 197 g/mol. The van der Waals surface area contributed by atoms with Crippen LogP contribution in [0.25, 0.3) is 11.4 Å². The molecule has 0 fully saturated rings. The van der Waals surface area contributed by atoms with E-state index in [1.165, 1.54) is 12.4 Å². The average Bonchev–Trinajstić information content (AvgIpc) is 2.30. The van der Waals surface area contributed by atoms with Gasteiger partial charge in [-0.25, -0.2) is 9.97 Å². The molecule has 0 atom stereocenters. The Bertz CT molecular complexity index is 497. The summed E-state index contributed by atoms with van der Waals surface area (Å²) >= 11 is 0. The lowest BCUT2D eigenvalue weighted by molar-refractivity contribution is 0.470. The summed E-state index contributed by atoms with van der Waals surface area (Å²) < 4.78 is 0. The summed E-state index contributed by atoms with van der Waals surface area (Å²) in [5.74, 6) is 0.560. The third-order valence-corrected chi connectivity index (χ3v) is 1.91. The second kappa shape index (κ2) is 3.76. The zero-order chi connectivity index (χ0) is 10.7. The van der Waals surface area contributed by atoms with Gasteiger partial charge in [-0.15, -0.1) is 0 Å². The van der Waals surface area contributed by atoms with Crippen molar-refractivity contribution >= 4 is 0 Å². The highest BCUT2D eigenvalue weighted by atomic mass is 16.3. The zero-order valence-corrected chi connectivity index (χ0v) is 7.75. The van der Waals surface area contributed by atoms with Crippen molar-refractivity contribution in [2.75, 3.05) is 0 Å². The van der Waals surface area contributed by atoms with E-state index >= 15 is 0 Å². The van der Waals surface area contributed by atoms with Crippen molar-refractivity contribution in [3.8, 4) is 23.2 Å². The van der Waals surface area contributed by atoms with Crippen molar-refractivity contribution in [3.63, 3.8) is 0 Å². The van der Waals surface area contributed by atoms with Crippen LogP contribution in [0, 0.1) is 11.3 Å². The van der Waals surface area contributed by atoms with E-state index in [1.54, 1.807) is 24.3 Å². The Morgan fingerprint density at radius 2 is 1.67 bits per heavy atom. The number of nitriles is 1. The van der Waals surface area contributed by atoms with Crippen LogP contribution in [-0.2, 0) is 0 Å². The minimum atomic E-state index is 0.0346. The van der Waals surface area contributed by atoms with Gasteiger partial charge < -0.3 is 5.11 Å². The Morgan fingerprint density at radius 1 is 1.07 bits per heavy atom. The topological polar surface area (TPSA) is 69.8 Å². The van der Waals surface area contributed by atoms with Gasteiger partial charge in [0, 0.05) is 5.56 Å². The van der Waals surface area contributed by atoms with Crippen LogP contribution in [-0.4, -0.2) is 15.1 Å². The van der Waals surface area contributed by atoms with Crippen LogP contribution in [0.5, 0.6) is 5.75 Å². The molecule has 0 radical (unpaired) electrons. The zero-order valence-electron chi connectivity index (χ0n) is 7.75. The third-order valence-electron chi connectivity index (χ3n) is 1.91. The Kier molecular flexibility index (Phi) is 2.30. The van der Waals surface area contributed by atoms with E-state index in [1.807, 2.05) is 6.07 Å². The first-order valence-electron chi connectivity index (χ1n) is 4.31. The van der Waals surface area contributed by atoms with Crippen molar-refractivity contribution < 1.29 is 5.11 Å². The maximum Gasteiger partial charge on any atom is 0.159 e. The standard InChI is InChI=1S/C11H7N3O/c12-5-8-1-3-9(4-2-8)11-13-6-10(15)7-14-11/h1-4,6-7,15H. The van der Waals surface area contributed by atoms with Crippen LogP contribution in [0.2, 0.25) is 0 Å². The molecule has 1 aromatic carbocycles. The van der Waals surface area contributed by atoms with E-state index in [0.717, 1.165) is 5.56 Å². The van der Waals surface area contributed by atoms with Crippen molar-refractivity contribution in [1.82, 2.24) is 9.97 Å². The predicted molar refractivity (Wildman–Crippen MR) is 53.8 cm³/mol. The van der Waals surface area contributed by atoms with Gasteiger partial charge in [-0.3, -0.25) is 0 Å². The number of hydrogen-bond acceptors (Lipinski definition) is 4. The van der Waals surface area contributed by atoms with Crippen LogP contribution < -0.4 is 0 Å². The highest BCUT2D eigenvalue weighted by Gasteiger charge is 2.00. The maximum absolute atomic E-state index is 9.02. The van der Waals surface area contributed by atoms with Gasteiger partial charge in [0.2, 0.25) is 0 Å². The second-order valence-corrected chi connectivity index (χ2v) is 2.95. The molecule has 0 saturated carbocycles. The summed E-state index contributed by atoms with van der Waals surface area (Å²) in [6.07, 6.45) is 2.67. The van der Waals surface area contributed by atoms with E-state index in [2.05, 4.69) is 9.97 Å². The van der Waals surface area contributed by atoms with Crippen LogP contribution in [0.4, 0.5) is 0 Å². The minimum absolute atomic E-state index is 0.0346. The van der Waals surface area contributed by atoms with Gasteiger partial charge in [0.25, 0.3) is 0 Å². The molecular weight excluding hydrogens is 190 g/mol. The number of aromatic hydroxyl groups is 1. The first-order chi connectivity index (χ1) is 7.29. The molecule has 1 heterocycles. The molecular formula is C11H7N3O. The van der Waals surface area contributed by atoms with Crippen LogP contribution >= 0.6 is 0 Å². The first kappa shape index (κ1) is 9.16. The van der Waals surface area contributed by atoms with E-state index in [4.69, 9.17) is 10.4 Å². The molecule has 0 aliphatic rings. The van der Waals surface area contributed by atoms with E-state index in [-0.39, 0.29) is 5.75 Å². The molecule has 0 aliphatic carbocycles. The number of rotatable bonds is 1. The molecule has 0 amide bonds. The van der Waals surface area contributed by atoms with Crippen molar-refractivity contribution in [3.05, 3.63) is 42.2 Å². The number of benzene rings is 1. The van der Waals surface area contributed by atoms with Gasteiger partial charge in [-0.1, -0.05) is 0 Å². The average molecular weight is 197 g/mol. The van der Waals surface area contributed by atoms with Crippen LogP contribution in [0.15, 0.2) is 36.7 Å². The molecule has 0 unspecified atom stereocenters. The quantitative estimate of drug-likeness (QED) is 0.755. The number of nitrogens with zero attached hydrogens (tertiary/aromatic N) is 3.